The van der Waals surface area contributed by atoms with E-state index in [9.17, 15) is 0 Å². The van der Waals surface area contributed by atoms with E-state index in [2.05, 4.69) is 53.3 Å². The number of aryl methyl sites for hydroxylation is 1. The van der Waals surface area contributed by atoms with E-state index in [1.165, 1.54) is 47.7 Å². The van der Waals surface area contributed by atoms with Crippen molar-refractivity contribution >= 4 is 15.9 Å². The summed E-state index contributed by atoms with van der Waals surface area (Å²) in [5, 5.41) is 3.66. The minimum atomic E-state index is 0.532. The molecule has 1 unspecified atom stereocenters. The molecule has 1 aliphatic carbocycles. The molecular weight excluding hydrogens is 286 g/mol. The van der Waals surface area contributed by atoms with Gasteiger partial charge in [-0.25, -0.2) is 0 Å². The van der Waals surface area contributed by atoms with Crippen molar-refractivity contribution in [2.75, 3.05) is 6.54 Å². The molecule has 1 N–H and O–H groups in total. The topological polar surface area (TPSA) is 12.0 Å². The highest BCUT2D eigenvalue weighted by Crippen LogP contribution is 2.33. The predicted molar refractivity (Wildman–Crippen MR) is 81.9 cm³/mol. The first-order valence-electron chi connectivity index (χ1n) is 7.20. The molecule has 1 aromatic carbocycles. The molecule has 1 nitrogen and oxygen atoms in total. The van der Waals surface area contributed by atoms with E-state index < -0.39 is 0 Å². The molecule has 0 spiro atoms. The van der Waals surface area contributed by atoms with Crippen molar-refractivity contribution in [2.24, 2.45) is 5.92 Å². The lowest BCUT2D eigenvalue weighted by Crippen LogP contribution is -2.23. The Morgan fingerprint density at radius 3 is 2.67 bits per heavy atom. The first-order chi connectivity index (χ1) is 8.70. The first kappa shape index (κ1) is 14.1. The van der Waals surface area contributed by atoms with Crippen molar-refractivity contribution in [3.8, 4) is 0 Å². The summed E-state index contributed by atoms with van der Waals surface area (Å²) in [6.07, 6.45) is 7.02. The Bertz CT molecular complexity index is 383. The van der Waals surface area contributed by atoms with Gasteiger partial charge in [0, 0.05) is 10.5 Å². The van der Waals surface area contributed by atoms with Crippen LogP contribution in [0.3, 0.4) is 0 Å². The smallest absolute Gasteiger partial charge is 0.0322 e. The van der Waals surface area contributed by atoms with Crippen molar-refractivity contribution in [3.05, 3.63) is 33.8 Å². The Balaban J connectivity index is 2.09. The van der Waals surface area contributed by atoms with Gasteiger partial charge in [0.25, 0.3) is 0 Å². The van der Waals surface area contributed by atoms with Crippen LogP contribution in [0.4, 0.5) is 0 Å². The van der Waals surface area contributed by atoms with Gasteiger partial charge in [0.1, 0.15) is 0 Å². The van der Waals surface area contributed by atoms with E-state index in [1.807, 2.05) is 0 Å². The van der Waals surface area contributed by atoms with Crippen LogP contribution in [-0.4, -0.2) is 6.54 Å². The van der Waals surface area contributed by atoms with E-state index in [4.69, 9.17) is 0 Å². The van der Waals surface area contributed by atoms with Gasteiger partial charge >= 0.3 is 0 Å². The Morgan fingerprint density at radius 2 is 2.06 bits per heavy atom. The van der Waals surface area contributed by atoms with Crippen LogP contribution >= 0.6 is 15.9 Å². The van der Waals surface area contributed by atoms with Crippen LogP contribution in [0.25, 0.3) is 0 Å². The molecule has 2 heteroatoms. The number of nitrogens with one attached hydrogen (secondary N) is 1. The van der Waals surface area contributed by atoms with E-state index in [0.717, 1.165) is 12.5 Å². The first-order valence-corrected chi connectivity index (χ1v) is 7.99. The molecule has 2 rings (SSSR count). The van der Waals surface area contributed by atoms with Crippen LogP contribution in [0.1, 0.15) is 56.2 Å². The Hall–Kier alpha value is -0.340. The van der Waals surface area contributed by atoms with Gasteiger partial charge in [0.05, 0.1) is 0 Å². The molecular formula is C16H24BrN. The number of hydrogen-bond donors (Lipinski definition) is 1. The normalized spacial score (nSPS) is 18.2. The molecule has 0 radical (unpaired) electrons. The predicted octanol–water partition coefficient (Wildman–Crippen LogP) is 4.99. The van der Waals surface area contributed by atoms with Crippen LogP contribution in [-0.2, 0) is 0 Å². The largest absolute Gasteiger partial charge is 0.310 e. The Morgan fingerprint density at radius 1 is 1.33 bits per heavy atom. The van der Waals surface area contributed by atoms with E-state index in [-0.39, 0.29) is 0 Å². The van der Waals surface area contributed by atoms with Crippen LogP contribution in [0, 0.1) is 12.8 Å². The molecule has 0 aliphatic heterocycles. The summed E-state index contributed by atoms with van der Waals surface area (Å²) < 4.78 is 1.21. The van der Waals surface area contributed by atoms with E-state index >= 15 is 0 Å². The molecule has 1 aromatic rings. The minimum Gasteiger partial charge on any atom is -0.310 e. The van der Waals surface area contributed by atoms with Gasteiger partial charge in [-0.15, -0.1) is 0 Å². The van der Waals surface area contributed by atoms with Gasteiger partial charge in [0.15, 0.2) is 0 Å². The molecule has 1 fully saturated rings. The van der Waals surface area contributed by atoms with Crippen LogP contribution in [0.5, 0.6) is 0 Å². The van der Waals surface area contributed by atoms with E-state index in [1.54, 1.807) is 0 Å². The summed E-state index contributed by atoms with van der Waals surface area (Å²) in [4.78, 5) is 0. The average molecular weight is 310 g/mol. The lowest BCUT2D eigenvalue weighted by Gasteiger charge is -2.22. The fourth-order valence-corrected chi connectivity index (χ4v) is 3.29. The zero-order chi connectivity index (χ0) is 13.0. The number of benzene rings is 1. The maximum atomic E-state index is 3.66. The summed E-state index contributed by atoms with van der Waals surface area (Å²) in [5.41, 5.74) is 2.78. The standard InChI is InChI=1S/C16H24BrN/c1-3-18-16(11-13-6-4-5-7-13)14-8-9-15(17)12(2)10-14/h8-10,13,16,18H,3-7,11H2,1-2H3. The summed E-state index contributed by atoms with van der Waals surface area (Å²) in [5.74, 6) is 0.929. The highest BCUT2D eigenvalue weighted by atomic mass is 79.9. The second kappa shape index (κ2) is 6.72. The van der Waals surface area contributed by atoms with Gasteiger partial charge in [-0.2, -0.15) is 0 Å². The number of halogens is 1. The number of rotatable bonds is 5. The minimum absolute atomic E-state index is 0.532. The Kier molecular flexibility index (Phi) is 5.25. The fourth-order valence-electron chi connectivity index (χ4n) is 3.05. The van der Waals surface area contributed by atoms with Crippen molar-refractivity contribution in [1.82, 2.24) is 5.32 Å². The van der Waals surface area contributed by atoms with Crippen LogP contribution in [0.15, 0.2) is 22.7 Å². The van der Waals surface area contributed by atoms with Gasteiger partial charge in [-0.1, -0.05) is 60.7 Å². The van der Waals surface area contributed by atoms with Crippen molar-refractivity contribution in [2.45, 2.75) is 52.0 Å². The molecule has 0 bridgehead atoms. The maximum absolute atomic E-state index is 3.66. The van der Waals surface area contributed by atoms with Crippen molar-refractivity contribution in [3.63, 3.8) is 0 Å². The second-order valence-corrected chi connectivity index (χ2v) is 6.36. The molecule has 0 aromatic heterocycles. The Labute approximate surface area is 119 Å². The highest BCUT2D eigenvalue weighted by molar-refractivity contribution is 9.10. The van der Waals surface area contributed by atoms with Crippen LogP contribution < -0.4 is 5.32 Å². The highest BCUT2D eigenvalue weighted by Gasteiger charge is 2.20. The fraction of sp³-hybridized carbons (Fsp3) is 0.625. The SMILES string of the molecule is CCNC(CC1CCCC1)c1ccc(Br)c(C)c1. The third-order valence-electron chi connectivity index (χ3n) is 4.08. The monoisotopic (exact) mass is 309 g/mol. The molecule has 0 heterocycles. The summed E-state index contributed by atoms with van der Waals surface area (Å²) in [6, 6.07) is 7.31. The van der Waals surface area contributed by atoms with Gasteiger partial charge in [-0.3, -0.25) is 0 Å². The zero-order valence-corrected chi connectivity index (χ0v) is 13.1. The third-order valence-corrected chi connectivity index (χ3v) is 4.97. The van der Waals surface area contributed by atoms with Crippen molar-refractivity contribution in [1.29, 1.82) is 0 Å². The van der Waals surface area contributed by atoms with Gasteiger partial charge in [-0.05, 0) is 43.0 Å². The molecule has 100 valence electrons. The van der Waals surface area contributed by atoms with Gasteiger partial charge in [0.2, 0.25) is 0 Å². The van der Waals surface area contributed by atoms with Crippen molar-refractivity contribution < 1.29 is 0 Å². The number of hydrogen-bond acceptors (Lipinski definition) is 1. The van der Waals surface area contributed by atoms with Gasteiger partial charge < -0.3 is 5.32 Å². The zero-order valence-electron chi connectivity index (χ0n) is 11.5. The molecule has 18 heavy (non-hydrogen) atoms. The summed E-state index contributed by atoms with van der Waals surface area (Å²) in [7, 11) is 0. The third kappa shape index (κ3) is 3.58. The molecule has 0 saturated heterocycles. The molecule has 1 atom stereocenters. The lowest BCUT2D eigenvalue weighted by atomic mass is 9.93. The molecule has 1 aliphatic rings. The maximum Gasteiger partial charge on any atom is 0.0322 e. The quantitative estimate of drug-likeness (QED) is 0.808. The molecule has 1 saturated carbocycles. The molecule has 0 amide bonds. The second-order valence-electron chi connectivity index (χ2n) is 5.51. The van der Waals surface area contributed by atoms with Crippen LogP contribution in [0.2, 0.25) is 0 Å². The summed E-state index contributed by atoms with van der Waals surface area (Å²) in [6.45, 7) is 5.42. The summed E-state index contributed by atoms with van der Waals surface area (Å²) >= 11 is 3.59. The lowest BCUT2D eigenvalue weighted by molar-refractivity contribution is 0.400. The average Bonchev–Trinajstić information content (AvgIpc) is 2.85. The van der Waals surface area contributed by atoms with E-state index in [0.29, 0.717) is 6.04 Å².